The molecule has 1 rings (SSSR count). The Labute approximate surface area is 94.2 Å². The number of rotatable bonds is 4. The summed E-state index contributed by atoms with van der Waals surface area (Å²) in [5.41, 5.74) is -1.12. The van der Waals surface area contributed by atoms with Gasteiger partial charge in [0.2, 0.25) is 0 Å². The van der Waals surface area contributed by atoms with Crippen LogP contribution in [0.5, 0.6) is 5.75 Å². The van der Waals surface area contributed by atoms with E-state index in [1.165, 1.54) is 18.2 Å². The minimum absolute atomic E-state index is 0.286. The molecule has 0 fully saturated rings. The topological polar surface area (TPSA) is 35.5 Å². The van der Waals surface area contributed by atoms with Crippen molar-refractivity contribution in [2.24, 2.45) is 0 Å². The number of halogens is 1. The summed E-state index contributed by atoms with van der Waals surface area (Å²) in [6.07, 6.45) is 0. The van der Waals surface area contributed by atoms with Gasteiger partial charge in [0.1, 0.15) is 11.6 Å². The summed E-state index contributed by atoms with van der Waals surface area (Å²) < 4.78 is 23.1. The number of carbonyl (C=O) groups excluding carboxylic acids is 1. The molecule has 0 aromatic heterocycles. The predicted octanol–water partition coefficient (Wildman–Crippen LogP) is 2.55. The quantitative estimate of drug-likeness (QED) is 0.740. The molecule has 0 spiro atoms. The molecular weight excluding hydrogens is 211 g/mol. The van der Waals surface area contributed by atoms with Gasteiger partial charge in [0, 0.05) is 6.07 Å². The number of benzene rings is 1. The zero-order valence-electron chi connectivity index (χ0n) is 9.62. The second kappa shape index (κ2) is 4.96. The van der Waals surface area contributed by atoms with E-state index in [2.05, 4.69) is 0 Å². The molecule has 0 heterocycles. The van der Waals surface area contributed by atoms with Crippen LogP contribution in [0.3, 0.4) is 0 Å². The lowest BCUT2D eigenvalue weighted by atomic mass is 10.1. The summed E-state index contributed by atoms with van der Waals surface area (Å²) in [6.45, 7) is 5.16. The standard InChI is InChI=1S/C12H15FO3/c1-4-15-11(14)12(2,3)16-10-7-5-6-9(13)8-10/h5-8H,4H2,1-3H3. The Morgan fingerprint density at radius 3 is 2.69 bits per heavy atom. The van der Waals surface area contributed by atoms with Crippen LogP contribution in [0.1, 0.15) is 20.8 Å². The summed E-state index contributed by atoms with van der Waals surface area (Å²) >= 11 is 0. The smallest absolute Gasteiger partial charge is 0.349 e. The zero-order valence-corrected chi connectivity index (χ0v) is 9.62. The molecule has 1 aromatic carbocycles. The van der Waals surface area contributed by atoms with E-state index in [9.17, 15) is 9.18 Å². The summed E-state index contributed by atoms with van der Waals surface area (Å²) in [6, 6.07) is 5.64. The lowest BCUT2D eigenvalue weighted by Gasteiger charge is -2.23. The minimum atomic E-state index is -1.12. The molecule has 3 nitrogen and oxygen atoms in total. The predicted molar refractivity (Wildman–Crippen MR) is 57.7 cm³/mol. The first-order valence-electron chi connectivity index (χ1n) is 5.07. The highest BCUT2D eigenvalue weighted by Gasteiger charge is 2.31. The normalized spacial score (nSPS) is 11.0. The first-order chi connectivity index (χ1) is 7.45. The second-order valence-corrected chi connectivity index (χ2v) is 3.79. The minimum Gasteiger partial charge on any atom is -0.476 e. The van der Waals surface area contributed by atoms with Gasteiger partial charge in [0.25, 0.3) is 0 Å². The van der Waals surface area contributed by atoms with Crippen molar-refractivity contribution in [1.82, 2.24) is 0 Å². The van der Waals surface area contributed by atoms with Crippen LogP contribution in [0.25, 0.3) is 0 Å². The number of esters is 1. The van der Waals surface area contributed by atoms with Crippen LogP contribution >= 0.6 is 0 Å². The molecule has 0 atom stereocenters. The third-order valence-electron chi connectivity index (χ3n) is 1.94. The molecule has 1 aromatic rings. The molecule has 16 heavy (non-hydrogen) atoms. The Kier molecular flexibility index (Phi) is 3.88. The number of hydrogen-bond acceptors (Lipinski definition) is 3. The monoisotopic (exact) mass is 226 g/mol. The molecule has 0 saturated carbocycles. The van der Waals surface area contributed by atoms with Crippen LogP contribution < -0.4 is 4.74 Å². The van der Waals surface area contributed by atoms with Crippen LogP contribution in [0, 0.1) is 5.82 Å². The van der Waals surface area contributed by atoms with Crippen LogP contribution in [-0.4, -0.2) is 18.2 Å². The molecule has 0 N–H and O–H groups in total. The number of ether oxygens (including phenoxy) is 2. The highest BCUT2D eigenvalue weighted by Crippen LogP contribution is 2.20. The number of hydrogen-bond donors (Lipinski definition) is 0. The summed E-state index contributed by atoms with van der Waals surface area (Å²) in [5.74, 6) is -0.575. The van der Waals surface area contributed by atoms with Crippen molar-refractivity contribution in [1.29, 1.82) is 0 Å². The Balaban J connectivity index is 2.75. The molecule has 0 unspecified atom stereocenters. The van der Waals surface area contributed by atoms with E-state index in [1.807, 2.05) is 0 Å². The average molecular weight is 226 g/mol. The maximum absolute atomic E-state index is 12.9. The Morgan fingerprint density at radius 1 is 1.44 bits per heavy atom. The average Bonchev–Trinajstić information content (AvgIpc) is 2.17. The fraction of sp³-hybridized carbons (Fsp3) is 0.417. The van der Waals surface area contributed by atoms with E-state index in [0.29, 0.717) is 5.75 Å². The molecule has 0 radical (unpaired) electrons. The van der Waals surface area contributed by atoms with Crippen LogP contribution in [0.15, 0.2) is 24.3 Å². The summed E-state index contributed by atoms with van der Waals surface area (Å²) in [7, 11) is 0. The Hall–Kier alpha value is -1.58. The Morgan fingerprint density at radius 2 is 2.12 bits per heavy atom. The van der Waals surface area contributed by atoms with Crippen LogP contribution in [-0.2, 0) is 9.53 Å². The van der Waals surface area contributed by atoms with Crippen molar-refractivity contribution in [3.05, 3.63) is 30.1 Å². The van der Waals surface area contributed by atoms with Gasteiger partial charge in [-0.1, -0.05) is 6.07 Å². The van der Waals surface area contributed by atoms with E-state index in [4.69, 9.17) is 9.47 Å². The zero-order chi connectivity index (χ0) is 12.2. The maximum Gasteiger partial charge on any atom is 0.349 e. The van der Waals surface area contributed by atoms with Gasteiger partial charge in [0.15, 0.2) is 5.60 Å². The van der Waals surface area contributed by atoms with Gasteiger partial charge in [0.05, 0.1) is 6.61 Å². The third kappa shape index (κ3) is 3.22. The van der Waals surface area contributed by atoms with Crippen molar-refractivity contribution in [3.63, 3.8) is 0 Å². The molecule has 0 aliphatic carbocycles. The van der Waals surface area contributed by atoms with E-state index in [0.717, 1.165) is 0 Å². The molecule has 0 saturated heterocycles. The summed E-state index contributed by atoms with van der Waals surface area (Å²) in [5, 5.41) is 0. The largest absolute Gasteiger partial charge is 0.476 e. The van der Waals surface area contributed by atoms with Gasteiger partial charge in [-0.2, -0.15) is 0 Å². The molecule has 0 bridgehead atoms. The van der Waals surface area contributed by atoms with Crippen molar-refractivity contribution >= 4 is 5.97 Å². The van der Waals surface area contributed by atoms with Gasteiger partial charge >= 0.3 is 5.97 Å². The highest BCUT2D eigenvalue weighted by atomic mass is 19.1. The van der Waals surface area contributed by atoms with Gasteiger partial charge in [-0.3, -0.25) is 0 Å². The molecular formula is C12H15FO3. The molecule has 88 valence electrons. The van der Waals surface area contributed by atoms with Crippen molar-refractivity contribution in [2.45, 2.75) is 26.4 Å². The second-order valence-electron chi connectivity index (χ2n) is 3.79. The maximum atomic E-state index is 12.9. The van der Waals surface area contributed by atoms with Gasteiger partial charge < -0.3 is 9.47 Å². The van der Waals surface area contributed by atoms with Gasteiger partial charge in [-0.15, -0.1) is 0 Å². The van der Waals surface area contributed by atoms with Crippen molar-refractivity contribution in [2.75, 3.05) is 6.61 Å². The SMILES string of the molecule is CCOC(=O)C(C)(C)Oc1cccc(F)c1. The molecule has 4 heteroatoms. The van der Waals surface area contributed by atoms with Crippen LogP contribution in [0.2, 0.25) is 0 Å². The molecule has 0 aliphatic rings. The fourth-order valence-electron chi connectivity index (χ4n) is 1.17. The first kappa shape index (κ1) is 12.5. The van der Waals surface area contributed by atoms with Crippen LogP contribution in [0.4, 0.5) is 4.39 Å². The highest BCUT2D eigenvalue weighted by molar-refractivity contribution is 5.79. The molecule has 0 aliphatic heterocycles. The summed E-state index contributed by atoms with van der Waals surface area (Å²) in [4.78, 5) is 11.5. The lowest BCUT2D eigenvalue weighted by molar-refractivity contribution is -0.158. The van der Waals surface area contributed by atoms with E-state index >= 15 is 0 Å². The third-order valence-corrected chi connectivity index (χ3v) is 1.94. The Bertz CT molecular complexity index is 374. The van der Waals surface area contributed by atoms with Crippen molar-refractivity contribution in [3.8, 4) is 5.75 Å². The van der Waals surface area contributed by atoms with Gasteiger partial charge in [-0.05, 0) is 32.9 Å². The van der Waals surface area contributed by atoms with Gasteiger partial charge in [-0.25, -0.2) is 9.18 Å². The molecule has 0 amide bonds. The van der Waals surface area contributed by atoms with E-state index < -0.39 is 17.4 Å². The van der Waals surface area contributed by atoms with E-state index in [1.54, 1.807) is 26.8 Å². The lowest BCUT2D eigenvalue weighted by Crippen LogP contribution is -2.39. The fourth-order valence-corrected chi connectivity index (χ4v) is 1.17. The number of carbonyl (C=O) groups is 1. The van der Waals surface area contributed by atoms with E-state index in [-0.39, 0.29) is 6.61 Å². The van der Waals surface area contributed by atoms with Crippen molar-refractivity contribution < 1.29 is 18.7 Å². The first-order valence-corrected chi connectivity index (χ1v) is 5.07.